The molecule has 3 heterocycles. The van der Waals surface area contributed by atoms with Gasteiger partial charge in [0.05, 0.1) is 18.4 Å². The topological polar surface area (TPSA) is 58.5 Å². The number of anilines is 3. The average Bonchev–Trinajstić information content (AvgIpc) is 3.14. The zero-order chi connectivity index (χ0) is 22.2. The van der Waals surface area contributed by atoms with Crippen LogP contribution >= 0.6 is 0 Å². The SMILES string of the molecule is Cc1cc(Nc2ncn(-c3cc(F)cc(F)c3)n2)cc(N2CC(N3CCO[C@@H](C)C3)C2)c1. The molecule has 0 spiro atoms. The highest BCUT2D eigenvalue weighted by Gasteiger charge is 2.34. The van der Waals surface area contributed by atoms with E-state index in [4.69, 9.17) is 4.74 Å². The highest BCUT2D eigenvalue weighted by Crippen LogP contribution is 2.29. The van der Waals surface area contributed by atoms with Crippen molar-refractivity contribution in [2.75, 3.05) is 43.0 Å². The number of halogens is 2. The van der Waals surface area contributed by atoms with Gasteiger partial charge in [0, 0.05) is 49.7 Å². The van der Waals surface area contributed by atoms with Crippen LogP contribution in [0, 0.1) is 18.6 Å². The van der Waals surface area contributed by atoms with Crippen molar-refractivity contribution in [3.63, 3.8) is 0 Å². The van der Waals surface area contributed by atoms with Gasteiger partial charge in [0.25, 0.3) is 0 Å². The van der Waals surface area contributed by atoms with Crippen molar-refractivity contribution in [1.29, 1.82) is 0 Å². The maximum Gasteiger partial charge on any atom is 0.246 e. The van der Waals surface area contributed by atoms with Gasteiger partial charge in [0.2, 0.25) is 5.95 Å². The summed E-state index contributed by atoms with van der Waals surface area (Å²) in [7, 11) is 0. The van der Waals surface area contributed by atoms with Crippen molar-refractivity contribution in [3.8, 4) is 5.69 Å². The minimum atomic E-state index is -0.660. The second-order valence-electron chi connectivity index (χ2n) is 8.56. The molecule has 1 atom stereocenters. The molecule has 0 aliphatic carbocycles. The average molecular weight is 440 g/mol. The van der Waals surface area contributed by atoms with E-state index in [2.05, 4.69) is 51.2 Å². The van der Waals surface area contributed by atoms with Crippen molar-refractivity contribution in [2.45, 2.75) is 26.0 Å². The molecule has 2 saturated heterocycles. The first-order chi connectivity index (χ1) is 15.4. The van der Waals surface area contributed by atoms with Gasteiger partial charge in [-0.25, -0.2) is 13.5 Å². The van der Waals surface area contributed by atoms with Crippen LogP contribution in [0.5, 0.6) is 0 Å². The molecule has 1 aromatic heterocycles. The lowest BCUT2D eigenvalue weighted by Gasteiger charge is -2.48. The van der Waals surface area contributed by atoms with Crippen molar-refractivity contribution < 1.29 is 13.5 Å². The van der Waals surface area contributed by atoms with E-state index < -0.39 is 11.6 Å². The van der Waals surface area contributed by atoms with Crippen molar-refractivity contribution in [3.05, 3.63) is 59.9 Å². The number of aryl methyl sites for hydroxylation is 1. The van der Waals surface area contributed by atoms with E-state index >= 15 is 0 Å². The minimum absolute atomic E-state index is 0.275. The standard InChI is InChI=1S/C23H26F2N6O/c1-15-5-19(27-23-26-14-31(28-23)21-8-17(24)7-18(25)9-21)10-20(6-15)30-12-22(13-30)29-3-4-32-16(2)11-29/h5-10,14,16,22H,3-4,11-13H2,1-2H3,(H,27,28)/t16-/m0/s1. The number of rotatable bonds is 5. The van der Waals surface area contributed by atoms with Gasteiger partial charge < -0.3 is 15.0 Å². The van der Waals surface area contributed by atoms with E-state index in [0.29, 0.717) is 18.1 Å². The minimum Gasteiger partial charge on any atom is -0.376 e. The van der Waals surface area contributed by atoms with E-state index in [1.807, 2.05) is 6.07 Å². The molecular formula is C23H26F2N6O. The number of nitrogens with one attached hydrogen (secondary N) is 1. The number of ether oxygens (including phenoxy) is 1. The monoisotopic (exact) mass is 440 g/mol. The Kier molecular flexibility index (Phi) is 5.52. The predicted octanol–water partition coefficient (Wildman–Crippen LogP) is 3.51. The molecule has 1 N–H and O–H groups in total. The molecule has 3 aromatic rings. The lowest BCUT2D eigenvalue weighted by molar-refractivity contribution is -0.0380. The van der Waals surface area contributed by atoms with Crippen LogP contribution in [0.2, 0.25) is 0 Å². The zero-order valence-electron chi connectivity index (χ0n) is 18.1. The number of hydrogen-bond donors (Lipinski definition) is 1. The summed E-state index contributed by atoms with van der Waals surface area (Å²) in [5, 5.41) is 7.51. The van der Waals surface area contributed by atoms with Gasteiger partial charge in [-0.15, -0.1) is 5.10 Å². The third-order valence-corrected chi connectivity index (χ3v) is 5.94. The fourth-order valence-electron chi connectivity index (χ4n) is 4.34. The van der Waals surface area contributed by atoms with Crippen molar-refractivity contribution in [1.82, 2.24) is 19.7 Å². The van der Waals surface area contributed by atoms with Crippen molar-refractivity contribution in [2.24, 2.45) is 0 Å². The van der Waals surface area contributed by atoms with Crippen LogP contribution in [-0.4, -0.2) is 64.6 Å². The maximum absolute atomic E-state index is 13.5. The smallest absolute Gasteiger partial charge is 0.246 e. The van der Waals surface area contributed by atoms with E-state index in [1.54, 1.807) is 0 Å². The van der Waals surface area contributed by atoms with Crippen LogP contribution in [0.15, 0.2) is 42.7 Å². The van der Waals surface area contributed by atoms with Crippen LogP contribution in [-0.2, 0) is 4.74 Å². The maximum atomic E-state index is 13.5. The third kappa shape index (κ3) is 4.44. The van der Waals surface area contributed by atoms with Gasteiger partial charge in [-0.2, -0.15) is 4.98 Å². The molecule has 0 saturated carbocycles. The van der Waals surface area contributed by atoms with Crippen LogP contribution in [0.4, 0.5) is 26.1 Å². The Morgan fingerprint density at radius 2 is 1.78 bits per heavy atom. The summed E-state index contributed by atoms with van der Waals surface area (Å²) in [6.45, 7) is 8.95. The Labute approximate surface area is 185 Å². The largest absolute Gasteiger partial charge is 0.376 e. The molecule has 0 radical (unpaired) electrons. The van der Waals surface area contributed by atoms with Crippen LogP contribution in [0.1, 0.15) is 12.5 Å². The van der Waals surface area contributed by atoms with E-state index in [0.717, 1.165) is 55.8 Å². The third-order valence-electron chi connectivity index (χ3n) is 5.94. The van der Waals surface area contributed by atoms with Crippen LogP contribution in [0.3, 0.4) is 0 Å². The molecule has 2 aromatic carbocycles. The number of benzene rings is 2. The highest BCUT2D eigenvalue weighted by atomic mass is 19.1. The molecule has 2 aliphatic rings. The van der Waals surface area contributed by atoms with E-state index in [1.165, 1.54) is 23.1 Å². The van der Waals surface area contributed by atoms with Gasteiger partial charge >= 0.3 is 0 Å². The zero-order valence-corrected chi connectivity index (χ0v) is 18.1. The molecule has 2 fully saturated rings. The summed E-state index contributed by atoms with van der Waals surface area (Å²) >= 11 is 0. The van der Waals surface area contributed by atoms with Gasteiger partial charge in [-0.3, -0.25) is 4.90 Å². The number of nitrogens with zero attached hydrogens (tertiary/aromatic N) is 5. The molecule has 5 rings (SSSR count). The number of aromatic nitrogens is 3. The van der Waals surface area contributed by atoms with E-state index in [9.17, 15) is 8.78 Å². The molecule has 0 amide bonds. The Hall–Kier alpha value is -3.04. The van der Waals surface area contributed by atoms with Crippen molar-refractivity contribution >= 4 is 17.3 Å². The molecule has 9 heteroatoms. The van der Waals surface area contributed by atoms with Gasteiger partial charge in [0.15, 0.2) is 0 Å². The van der Waals surface area contributed by atoms with Gasteiger partial charge in [-0.05, 0) is 49.7 Å². The van der Waals surface area contributed by atoms with Crippen LogP contribution in [0.25, 0.3) is 5.69 Å². The van der Waals surface area contributed by atoms with Crippen LogP contribution < -0.4 is 10.2 Å². The predicted molar refractivity (Wildman–Crippen MR) is 119 cm³/mol. The highest BCUT2D eigenvalue weighted by molar-refractivity contribution is 5.65. The molecule has 168 valence electrons. The summed E-state index contributed by atoms with van der Waals surface area (Å²) in [6.07, 6.45) is 1.72. The molecule has 0 unspecified atom stereocenters. The molecule has 2 aliphatic heterocycles. The Morgan fingerprint density at radius 3 is 2.53 bits per heavy atom. The first-order valence-corrected chi connectivity index (χ1v) is 10.8. The molecular weight excluding hydrogens is 414 g/mol. The van der Waals surface area contributed by atoms with E-state index in [-0.39, 0.29) is 5.69 Å². The summed E-state index contributed by atoms with van der Waals surface area (Å²) in [5.41, 5.74) is 3.42. The summed E-state index contributed by atoms with van der Waals surface area (Å²) < 4.78 is 34.0. The summed E-state index contributed by atoms with van der Waals surface area (Å²) in [5.74, 6) is -0.963. The lowest BCUT2D eigenvalue weighted by Crippen LogP contribution is -2.62. The quantitative estimate of drug-likeness (QED) is 0.655. The molecule has 32 heavy (non-hydrogen) atoms. The Bertz CT molecular complexity index is 1090. The summed E-state index contributed by atoms with van der Waals surface area (Å²) in [6, 6.07) is 10.1. The van der Waals surface area contributed by atoms with Gasteiger partial charge in [0.1, 0.15) is 18.0 Å². The Balaban J connectivity index is 1.26. The first-order valence-electron chi connectivity index (χ1n) is 10.8. The first kappa shape index (κ1) is 20.8. The second kappa shape index (κ2) is 8.48. The summed E-state index contributed by atoms with van der Waals surface area (Å²) in [4.78, 5) is 9.11. The Morgan fingerprint density at radius 1 is 1.00 bits per heavy atom. The lowest BCUT2D eigenvalue weighted by atomic mass is 10.0. The molecule has 0 bridgehead atoms. The second-order valence-corrected chi connectivity index (χ2v) is 8.56. The molecule has 7 nitrogen and oxygen atoms in total. The normalized spacial score (nSPS) is 19.8. The number of hydrogen-bond acceptors (Lipinski definition) is 6. The fourth-order valence-corrected chi connectivity index (χ4v) is 4.34. The fraction of sp³-hybridized carbons (Fsp3) is 0.391. The number of morpholine rings is 1. The van der Waals surface area contributed by atoms with Gasteiger partial charge in [-0.1, -0.05) is 0 Å².